The molecule has 13 heteroatoms. The highest BCUT2D eigenvalue weighted by Crippen LogP contribution is 2.37. The molecule has 57 heavy (non-hydrogen) atoms. The monoisotopic (exact) mass is 819 g/mol. The number of ether oxygens (including phenoxy) is 5. The zero-order valence-electron chi connectivity index (χ0n) is 35.6. The van der Waals surface area contributed by atoms with Crippen molar-refractivity contribution in [3.8, 4) is 0 Å². The number of carbonyl (C=O) groups is 2. The van der Waals surface area contributed by atoms with Crippen molar-refractivity contribution >= 4 is 11.9 Å². The van der Waals surface area contributed by atoms with E-state index in [1.807, 2.05) is 0 Å². The average Bonchev–Trinajstić information content (AvgIpc) is 3.44. The molecule has 0 aromatic heterocycles. The maximum atomic E-state index is 12.8. The van der Waals surface area contributed by atoms with Gasteiger partial charge in [0.2, 0.25) is 5.79 Å². The van der Waals surface area contributed by atoms with Gasteiger partial charge < -0.3 is 54.3 Å². The van der Waals surface area contributed by atoms with E-state index < -0.39 is 86.6 Å². The Morgan fingerprint density at radius 1 is 0.509 bits per heavy atom. The molecule has 6 N–H and O–H groups in total. The second-order valence-electron chi connectivity index (χ2n) is 16.5. The Morgan fingerprint density at radius 2 is 0.912 bits per heavy atom. The van der Waals surface area contributed by atoms with E-state index in [-0.39, 0.29) is 12.8 Å². The summed E-state index contributed by atoms with van der Waals surface area (Å²) in [6, 6.07) is 0. The van der Waals surface area contributed by atoms with Gasteiger partial charge in [-0.1, -0.05) is 168 Å². The number of unbranched alkanes of at least 4 members (excludes halogenated alkanes) is 24. The topological polar surface area (TPSA) is 202 Å². The minimum Gasteiger partial charge on any atom is -0.463 e. The van der Waals surface area contributed by atoms with E-state index in [0.29, 0.717) is 12.8 Å². The lowest BCUT2D eigenvalue weighted by atomic mass is 9.99. The fourth-order valence-corrected chi connectivity index (χ4v) is 7.68. The predicted molar refractivity (Wildman–Crippen MR) is 217 cm³/mol. The first-order valence-corrected chi connectivity index (χ1v) is 22.9. The second-order valence-corrected chi connectivity index (χ2v) is 16.5. The largest absolute Gasteiger partial charge is 0.463 e. The molecule has 9 atom stereocenters. The van der Waals surface area contributed by atoms with E-state index in [1.165, 1.54) is 116 Å². The Kier molecular flexibility index (Phi) is 28.5. The highest BCUT2D eigenvalue weighted by molar-refractivity contribution is 5.69. The van der Waals surface area contributed by atoms with Crippen LogP contribution in [0.3, 0.4) is 0 Å². The van der Waals surface area contributed by atoms with Gasteiger partial charge in [-0.2, -0.15) is 0 Å². The Balaban J connectivity index is 1.80. The smallest absolute Gasteiger partial charge is 0.305 e. The molecule has 0 spiro atoms. The molecule has 0 aromatic carbocycles. The fourth-order valence-electron chi connectivity index (χ4n) is 7.68. The molecule has 0 saturated carbocycles. The minimum absolute atomic E-state index is 0.104. The fraction of sp³-hybridized carbons (Fsp3) is 0.955. The van der Waals surface area contributed by atoms with Crippen molar-refractivity contribution in [2.24, 2.45) is 0 Å². The van der Waals surface area contributed by atoms with Crippen LogP contribution in [-0.4, -0.2) is 117 Å². The van der Waals surface area contributed by atoms with Crippen molar-refractivity contribution in [1.82, 2.24) is 0 Å². The molecule has 2 rings (SSSR count). The maximum Gasteiger partial charge on any atom is 0.305 e. The molecule has 2 heterocycles. The first-order chi connectivity index (χ1) is 27.6. The summed E-state index contributed by atoms with van der Waals surface area (Å²) in [5, 5.41) is 63.1. The van der Waals surface area contributed by atoms with Gasteiger partial charge in [0.1, 0.15) is 55.9 Å². The van der Waals surface area contributed by atoms with Crippen molar-refractivity contribution in [2.45, 2.75) is 248 Å². The first-order valence-electron chi connectivity index (χ1n) is 22.9. The maximum absolute atomic E-state index is 12.8. The third kappa shape index (κ3) is 20.6. The number of esters is 2. The molecule has 0 amide bonds. The number of carbonyl (C=O) groups excluding carboxylic acids is 2. The molecular weight excluding hydrogens is 736 g/mol. The number of aliphatic hydroxyl groups excluding tert-OH is 6. The van der Waals surface area contributed by atoms with E-state index in [2.05, 4.69) is 13.8 Å². The van der Waals surface area contributed by atoms with Gasteiger partial charge in [-0.05, 0) is 12.8 Å². The molecule has 0 bridgehead atoms. The lowest BCUT2D eigenvalue weighted by molar-refractivity contribution is -0.383. The molecule has 0 aromatic rings. The summed E-state index contributed by atoms with van der Waals surface area (Å²) in [6.45, 7) is 2.58. The summed E-state index contributed by atoms with van der Waals surface area (Å²) in [6.07, 6.45) is 17.5. The number of aliphatic hydroxyl groups is 6. The van der Waals surface area contributed by atoms with Crippen LogP contribution in [0.5, 0.6) is 0 Å². The van der Waals surface area contributed by atoms with Gasteiger partial charge >= 0.3 is 11.9 Å². The lowest BCUT2D eigenvalue weighted by Gasteiger charge is -2.43. The molecule has 0 radical (unpaired) electrons. The van der Waals surface area contributed by atoms with Crippen LogP contribution in [0.1, 0.15) is 194 Å². The zero-order valence-corrected chi connectivity index (χ0v) is 35.6. The minimum atomic E-state index is -2.30. The molecule has 336 valence electrons. The van der Waals surface area contributed by atoms with Crippen molar-refractivity contribution in [2.75, 3.05) is 19.8 Å². The molecule has 2 aliphatic rings. The van der Waals surface area contributed by atoms with Gasteiger partial charge in [0.05, 0.1) is 6.61 Å². The molecule has 2 aliphatic heterocycles. The van der Waals surface area contributed by atoms with Crippen LogP contribution in [0, 0.1) is 0 Å². The van der Waals surface area contributed by atoms with Gasteiger partial charge in [-0.25, -0.2) is 0 Å². The summed E-state index contributed by atoms with van der Waals surface area (Å²) in [5.41, 5.74) is 0. The van der Waals surface area contributed by atoms with Crippen LogP contribution in [0.25, 0.3) is 0 Å². The average molecular weight is 819 g/mol. The third-order valence-electron chi connectivity index (χ3n) is 11.5. The van der Waals surface area contributed by atoms with Gasteiger partial charge in [0, 0.05) is 12.8 Å². The van der Waals surface area contributed by atoms with Crippen molar-refractivity contribution in [3.05, 3.63) is 0 Å². The molecule has 0 aliphatic carbocycles. The molecule has 2 fully saturated rings. The molecule has 13 nitrogen and oxygen atoms in total. The summed E-state index contributed by atoms with van der Waals surface area (Å²) in [4.78, 5) is 25.4. The standard InChI is InChI=1S/C44H82O13/c1-3-5-7-9-11-13-15-17-19-21-23-25-27-29-36(46)53-32-35-39(49)42(52)44(56-35,57-43-41(51)40(50)38(48)34(31-45)55-43)33-54-37(47)30-28-26-24-22-20-18-16-14-12-10-8-6-4-2/h34-35,38-43,45,48-52H,3-33H2,1-2H3/t34-,35-,38-,39-,40+,41-,42+,43-,44+/m1/s1. The lowest BCUT2D eigenvalue weighted by Crippen LogP contribution is -2.62. The van der Waals surface area contributed by atoms with Crippen LogP contribution in [0.2, 0.25) is 0 Å². The van der Waals surface area contributed by atoms with E-state index in [1.54, 1.807) is 0 Å². The van der Waals surface area contributed by atoms with Crippen molar-refractivity contribution < 1.29 is 63.9 Å². The molecule has 2 saturated heterocycles. The summed E-state index contributed by atoms with van der Waals surface area (Å²) >= 11 is 0. The van der Waals surface area contributed by atoms with Gasteiger partial charge in [0.15, 0.2) is 6.29 Å². The van der Waals surface area contributed by atoms with Crippen molar-refractivity contribution in [1.29, 1.82) is 0 Å². The molecule has 0 unspecified atom stereocenters. The summed E-state index contributed by atoms with van der Waals surface area (Å²) in [5.74, 6) is -3.38. The SMILES string of the molecule is CCCCCCCCCCCCCCCC(=O)OC[C@H]1O[C@@](COC(=O)CCCCCCCCCCCCCCC)(O[C@H]2O[C@H](CO)[C@@H](O)[C@H](O)[C@H]2O)[C@@H](O)[C@@H]1O. The zero-order chi connectivity index (χ0) is 41.7. The number of hydrogen-bond acceptors (Lipinski definition) is 13. The van der Waals surface area contributed by atoms with Crippen LogP contribution in [-0.2, 0) is 33.3 Å². The summed E-state index contributed by atoms with van der Waals surface area (Å²) < 4.78 is 28.1. The van der Waals surface area contributed by atoms with E-state index in [4.69, 9.17) is 23.7 Å². The number of hydrogen-bond donors (Lipinski definition) is 6. The predicted octanol–water partition coefficient (Wildman–Crippen LogP) is 6.67. The van der Waals surface area contributed by atoms with Crippen LogP contribution >= 0.6 is 0 Å². The van der Waals surface area contributed by atoms with E-state index >= 15 is 0 Å². The number of rotatable bonds is 35. The highest BCUT2D eigenvalue weighted by Gasteiger charge is 2.59. The Labute approximate surface area is 343 Å². The van der Waals surface area contributed by atoms with Crippen LogP contribution in [0.4, 0.5) is 0 Å². The van der Waals surface area contributed by atoms with E-state index in [9.17, 15) is 40.2 Å². The van der Waals surface area contributed by atoms with E-state index in [0.717, 1.165) is 38.5 Å². The van der Waals surface area contributed by atoms with Crippen LogP contribution < -0.4 is 0 Å². The molecular formula is C44H82O13. The quantitative estimate of drug-likeness (QED) is 0.0293. The van der Waals surface area contributed by atoms with Gasteiger partial charge in [0.25, 0.3) is 0 Å². The third-order valence-corrected chi connectivity index (χ3v) is 11.5. The first kappa shape index (κ1) is 51.7. The summed E-state index contributed by atoms with van der Waals surface area (Å²) in [7, 11) is 0. The Hall–Kier alpha value is -1.42. The van der Waals surface area contributed by atoms with Crippen LogP contribution in [0.15, 0.2) is 0 Å². The second kappa shape index (κ2) is 31.5. The Bertz CT molecular complexity index is 1010. The Morgan fingerprint density at radius 3 is 1.33 bits per heavy atom. The van der Waals surface area contributed by atoms with Crippen molar-refractivity contribution in [3.63, 3.8) is 0 Å². The normalized spacial score (nSPS) is 27.5. The van der Waals surface area contributed by atoms with Gasteiger partial charge in [-0.3, -0.25) is 9.59 Å². The van der Waals surface area contributed by atoms with Gasteiger partial charge in [-0.15, -0.1) is 0 Å². The highest BCUT2D eigenvalue weighted by atomic mass is 16.8.